The van der Waals surface area contributed by atoms with Crippen LogP contribution in [-0.4, -0.2) is 34.0 Å². The zero-order chi connectivity index (χ0) is 14.8. The van der Waals surface area contributed by atoms with Crippen LogP contribution in [0.4, 0.5) is 0 Å². The number of aliphatic carboxylic acids is 1. The van der Waals surface area contributed by atoms with Gasteiger partial charge in [0.25, 0.3) is 5.91 Å². The Bertz CT molecular complexity index is 591. The summed E-state index contributed by atoms with van der Waals surface area (Å²) < 4.78 is 0. The molecule has 0 spiro atoms. The third kappa shape index (κ3) is 2.14. The van der Waals surface area contributed by atoms with Crippen molar-refractivity contribution >= 4 is 11.9 Å². The van der Waals surface area contributed by atoms with E-state index < -0.39 is 11.5 Å². The van der Waals surface area contributed by atoms with E-state index in [0.717, 1.165) is 0 Å². The molecule has 1 fully saturated rings. The zero-order valence-electron chi connectivity index (χ0n) is 11.3. The molecule has 2 rings (SSSR count). The van der Waals surface area contributed by atoms with Gasteiger partial charge in [-0.1, -0.05) is 13.0 Å². The fourth-order valence-corrected chi connectivity index (χ4v) is 2.79. The highest BCUT2D eigenvalue weighted by atomic mass is 16.4. The van der Waals surface area contributed by atoms with Crippen molar-refractivity contribution in [3.63, 3.8) is 0 Å². The largest absolute Gasteiger partial charge is 0.479 e. The third-order valence-electron chi connectivity index (χ3n) is 3.96. The van der Waals surface area contributed by atoms with Crippen LogP contribution in [0, 0.1) is 11.3 Å². The highest BCUT2D eigenvalue weighted by molar-refractivity contribution is 5.98. The van der Waals surface area contributed by atoms with Crippen molar-refractivity contribution < 1.29 is 14.7 Å². The van der Waals surface area contributed by atoms with E-state index >= 15 is 0 Å². The smallest absolute Gasteiger partial charge is 0.329 e. The van der Waals surface area contributed by atoms with Crippen LogP contribution in [-0.2, 0) is 4.79 Å². The first-order valence-electron chi connectivity index (χ1n) is 6.60. The predicted molar refractivity (Wildman–Crippen MR) is 72.1 cm³/mol. The lowest BCUT2D eigenvalue weighted by Gasteiger charge is -2.34. The highest BCUT2D eigenvalue weighted by Crippen LogP contribution is 2.34. The molecule has 1 unspecified atom stereocenters. The lowest BCUT2D eigenvalue weighted by molar-refractivity contribution is -0.148. The molecule has 0 aromatic heterocycles. The van der Waals surface area contributed by atoms with Crippen LogP contribution in [0.3, 0.4) is 0 Å². The van der Waals surface area contributed by atoms with E-state index in [1.807, 2.05) is 6.07 Å². The van der Waals surface area contributed by atoms with Gasteiger partial charge in [0.15, 0.2) is 0 Å². The zero-order valence-corrected chi connectivity index (χ0v) is 11.3. The molecule has 1 heterocycles. The second-order valence-electron chi connectivity index (χ2n) is 4.94. The number of hydrogen-bond acceptors (Lipinski definition) is 3. The lowest BCUT2D eigenvalue weighted by Crippen LogP contribution is -2.52. The molecule has 0 radical (unpaired) electrons. The number of carboxylic acid groups (broad SMARTS) is 1. The number of hydrogen-bond donors (Lipinski definition) is 1. The first kappa shape index (κ1) is 14.1. The van der Waals surface area contributed by atoms with Crippen molar-refractivity contribution in [2.75, 3.05) is 6.54 Å². The van der Waals surface area contributed by atoms with Crippen LogP contribution in [0.1, 0.15) is 42.1 Å². The second kappa shape index (κ2) is 5.33. The molecule has 5 nitrogen and oxygen atoms in total. The summed E-state index contributed by atoms with van der Waals surface area (Å²) >= 11 is 0. The minimum atomic E-state index is -1.11. The molecule has 1 N–H and O–H groups in total. The number of carbonyl (C=O) groups excluding carboxylic acids is 1. The van der Waals surface area contributed by atoms with Gasteiger partial charge in [-0.25, -0.2) is 4.79 Å². The van der Waals surface area contributed by atoms with Gasteiger partial charge in [0, 0.05) is 12.1 Å². The lowest BCUT2D eigenvalue weighted by atomic mass is 9.92. The van der Waals surface area contributed by atoms with Gasteiger partial charge in [-0.15, -0.1) is 0 Å². The van der Waals surface area contributed by atoms with Crippen molar-refractivity contribution in [1.82, 2.24) is 4.90 Å². The number of rotatable bonds is 3. The van der Waals surface area contributed by atoms with E-state index in [4.69, 9.17) is 5.26 Å². The van der Waals surface area contributed by atoms with Crippen molar-refractivity contribution in [3.05, 3.63) is 35.4 Å². The van der Waals surface area contributed by atoms with E-state index in [1.165, 1.54) is 11.0 Å². The summed E-state index contributed by atoms with van der Waals surface area (Å²) in [6.45, 7) is 2.22. The second-order valence-corrected chi connectivity index (χ2v) is 4.94. The molecule has 1 aliphatic rings. The maximum atomic E-state index is 12.5. The van der Waals surface area contributed by atoms with E-state index in [2.05, 4.69) is 0 Å². The topological polar surface area (TPSA) is 81.4 Å². The summed E-state index contributed by atoms with van der Waals surface area (Å²) in [7, 11) is 0. The normalized spacial score (nSPS) is 21.5. The molecule has 0 bridgehead atoms. The van der Waals surface area contributed by atoms with E-state index in [1.54, 1.807) is 25.1 Å². The van der Waals surface area contributed by atoms with E-state index in [-0.39, 0.29) is 5.91 Å². The van der Waals surface area contributed by atoms with Crippen molar-refractivity contribution in [3.8, 4) is 6.07 Å². The first-order chi connectivity index (χ1) is 9.55. The SMILES string of the molecule is CCC1(C(=O)O)CCCN1C(=O)c1cccc(C#N)c1. The number of benzene rings is 1. The van der Waals surface area contributed by atoms with Crippen LogP contribution in [0.15, 0.2) is 24.3 Å². The molecule has 104 valence electrons. The van der Waals surface area contributed by atoms with Gasteiger partial charge < -0.3 is 10.0 Å². The summed E-state index contributed by atoms with van der Waals surface area (Å²) in [6.07, 6.45) is 1.54. The van der Waals surface area contributed by atoms with E-state index in [9.17, 15) is 14.7 Å². The Morgan fingerprint density at radius 1 is 1.50 bits per heavy atom. The van der Waals surface area contributed by atoms with E-state index in [0.29, 0.717) is 36.9 Å². The molecule has 1 aliphatic heterocycles. The Morgan fingerprint density at radius 2 is 2.25 bits per heavy atom. The Kier molecular flexibility index (Phi) is 3.75. The summed E-state index contributed by atoms with van der Waals surface area (Å²) in [5.41, 5.74) is -0.350. The molecule has 0 saturated carbocycles. The molecular formula is C15H16N2O3. The Morgan fingerprint density at radius 3 is 2.85 bits per heavy atom. The first-order valence-corrected chi connectivity index (χ1v) is 6.60. The van der Waals surface area contributed by atoms with Crippen LogP contribution < -0.4 is 0 Å². The predicted octanol–water partition coefficient (Wildman–Crippen LogP) is 2.03. The van der Waals surface area contributed by atoms with Crippen LogP contribution in [0.2, 0.25) is 0 Å². The van der Waals surface area contributed by atoms with Crippen molar-refractivity contribution in [1.29, 1.82) is 5.26 Å². The Labute approximate surface area is 117 Å². The quantitative estimate of drug-likeness (QED) is 0.912. The Balaban J connectivity index is 2.37. The molecule has 1 amide bonds. The minimum absolute atomic E-state index is 0.316. The summed E-state index contributed by atoms with van der Waals surface area (Å²) in [6, 6.07) is 8.35. The maximum absolute atomic E-state index is 12.5. The van der Waals surface area contributed by atoms with Gasteiger partial charge in [-0.2, -0.15) is 5.26 Å². The third-order valence-corrected chi connectivity index (χ3v) is 3.96. The summed E-state index contributed by atoms with van der Waals surface area (Å²) in [5, 5.41) is 18.4. The molecular weight excluding hydrogens is 256 g/mol. The molecule has 1 aromatic rings. The van der Waals surface area contributed by atoms with Crippen LogP contribution >= 0.6 is 0 Å². The highest BCUT2D eigenvalue weighted by Gasteiger charge is 2.48. The van der Waals surface area contributed by atoms with Gasteiger partial charge in [-0.05, 0) is 37.5 Å². The molecule has 1 saturated heterocycles. The number of amides is 1. The fraction of sp³-hybridized carbons (Fsp3) is 0.400. The summed E-state index contributed by atoms with van der Waals surface area (Å²) in [5.74, 6) is -1.27. The summed E-state index contributed by atoms with van der Waals surface area (Å²) in [4.78, 5) is 25.6. The number of carboxylic acids is 1. The average Bonchev–Trinajstić information content (AvgIpc) is 2.91. The van der Waals surface area contributed by atoms with Crippen LogP contribution in [0.5, 0.6) is 0 Å². The number of nitrogens with zero attached hydrogens (tertiary/aromatic N) is 2. The van der Waals surface area contributed by atoms with Crippen molar-refractivity contribution in [2.24, 2.45) is 0 Å². The molecule has 5 heteroatoms. The molecule has 1 atom stereocenters. The minimum Gasteiger partial charge on any atom is -0.479 e. The number of nitriles is 1. The number of carbonyl (C=O) groups is 2. The number of likely N-dealkylation sites (tertiary alicyclic amines) is 1. The average molecular weight is 272 g/mol. The molecule has 0 aliphatic carbocycles. The van der Waals surface area contributed by atoms with Gasteiger partial charge in [0.2, 0.25) is 0 Å². The van der Waals surface area contributed by atoms with Gasteiger partial charge in [0.1, 0.15) is 5.54 Å². The fourth-order valence-electron chi connectivity index (χ4n) is 2.79. The maximum Gasteiger partial charge on any atom is 0.329 e. The molecule has 20 heavy (non-hydrogen) atoms. The standard InChI is InChI=1S/C15H16N2O3/c1-2-15(14(19)20)7-4-8-17(15)13(18)12-6-3-5-11(9-12)10-16/h3,5-6,9H,2,4,7-8H2,1H3,(H,19,20). The van der Waals surface area contributed by atoms with Crippen molar-refractivity contribution in [2.45, 2.75) is 31.7 Å². The molecule has 1 aromatic carbocycles. The van der Waals surface area contributed by atoms with Crippen LogP contribution in [0.25, 0.3) is 0 Å². The van der Waals surface area contributed by atoms with Gasteiger partial charge in [-0.3, -0.25) is 4.79 Å². The van der Waals surface area contributed by atoms with Gasteiger partial charge in [0.05, 0.1) is 11.6 Å². The monoisotopic (exact) mass is 272 g/mol. The van der Waals surface area contributed by atoms with Gasteiger partial charge >= 0.3 is 5.97 Å². The Hall–Kier alpha value is -2.35.